The minimum absolute atomic E-state index is 0.0842. The van der Waals surface area contributed by atoms with Crippen LogP contribution in [0.15, 0.2) is 36.4 Å². The van der Waals surface area contributed by atoms with Crippen molar-refractivity contribution >= 4 is 5.57 Å². The third kappa shape index (κ3) is 3.08. The van der Waals surface area contributed by atoms with E-state index >= 15 is 0 Å². The maximum atomic E-state index is 14.4. The molecular weight excluding hydrogens is 290 g/mol. The average molecular weight is 312 g/mol. The molecule has 0 aliphatic heterocycles. The predicted octanol–water partition coefficient (Wildman–Crippen LogP) is 5.66. The van der Waals surface area contributed by atoms with Crippen LogP contribution in [0.4, 0.5) is 8.78 Å². The average Bonchev–Trinajstić information content (AvgIpc) is 2.55. The van der Waals surface area contributed by atoms with Crippen LogP contribution in [-0.2, 0) is 25.7 Å². The summed E-state index contributed by atoms with van der Waals surface area (Å²) >= 11 is 0. The molecule has 0 atom stereocenters. The van der Waals surface area contributed by atoms with Crippen molar-refractivity contribution < 1.29 is 8.78 Å². The van der Waals surface area contributed by atoms with E-state index in [4.69, 9.17) is 0 Å². The summed E-state index contributed by atoms with van der Waals surface area (Å²) < 4.78 is 28.8. The summed E-state index contributed by atoms with van der Waals surface area (Å²) in [5.74, 6) is -0.254. The second-order valence-corrected chi connectivity index (χ2v) is 6.20. The van der Waals surface area contributed by atoms with Crippen molar-refractivity contribution in [2.75, 3.05) is 0 Å². The number of aryl methyl sites for hydroxylation is 2. The number of hydrogen-bond acceptors (Lipinski definition) is 0. The van der Waals surface area contributed by atoms with E-state index in [1.807, 2.05) is 37.3 Å². The van der Waals surface area contributed by atoms with Crippen LogP contribution in [0, 0.1) is 11.6 Å². The number of benzene rings is 2. The molecule has 0 spiro atoms. The Hall–Kier alpha value is -1.96. The molecule has 0 bridgehead atoms. The van der Waals surface area contributed by atoms with Gasteiger partial charge in [0.05, 0.1) is 0 Å². The third-order valence-electron chi connectivity index (χ3n) is 4.65. The van der Waals surface area contributed by atoms with Gasteiger partial charge in [-0.05, 0) is 59.6 Å². The van der Waals surface area contributed by atoms with Crippen LogP contribution in [0.2, 0.25) is 0 Å². The van der Waals surface area contributed by atoms with Crippen LogP contribution in [0.25, 0.3) is 5.57 Å². The van der Waals surface area contributed by atoms with Gasteiger partial charge in [0.15, 0.2) is 0 Å². The summed E-state index contributed by atoms with van der Waals surface area (Å²) in [6, 6.07) is 9.36. The zero-order valence-electron chi connectivity index (χ0n) is 13.8. The van der Waals surface area contributed by atoms with Gasteiger partial charge in [-0.25, -0.2) is 8.78 Å². The van der Waals surface area contributed by atoms with Gasteiger partial charge in [-0.1, -0.05) is 50.6 Å². The van der Waals surface area contributed by atoms with E-state index in [0.29, 0.717) is 24.8 Å². The Balaban J connectivity index is 1.91. The molecule has 120 valence electrons. The molecule has 0 N–H and O–H groups in total. The third-order valence-corrected chi connectivity index (χ3v) is 4.65. The van der Waals surface area contributed by atoms with Gasteiger partial charge in [0.2, 0.25) is 0 Å². The summed E-state index contributed by atoms with van der Waals surface area (Å²) in [4.78, 5) is 0. The molecule has 0 saturated carbocycles. The van der Waals surface area contributed by atoms with Crippen LogP contribution in [0.1, 0.15) is 48.1 Å². The number of rotatable bonds is 4. The molecule has 0 radical (unpaired) electrons. The van der Waals surface area contributed by atoms with Crippen molar-refractivity contribution in [1.82, 2.24) is 0 Å². The Bertz CT molecular complexity index is 757. The van der Waals surface area contributed by atoms with Gasteiger partial charge in [0.1, 0.15) is 11.6 Å². The van der Waals surface area contributed by atoms with E-state index in [1.165, 1.54) is 0 Å². The van der Waals surface area contributed by atoms with Crippen molar-refractivity contribution in [1.29, 1.82) is 0 Å². The molecule has 0 unspecified atom stereocenters. The highest BCUT2D eigenvalue weighted by atomic mass is 19.1. The first kappa shape index (κ1) is 15.9. The van der Waals surface area contributed by atoms with E-state index in [2.05, 4.69) is 6.92 Å². The fraction of sp³-hybridized carbons (Fsp3) is 0.333. The Kier molecular flexibility index (Phi) is 4.61. The molecule has 0 aromatic heterocycles. The number of allylic oxidation sites excluding steroid dienone is 2. The molecule has 0 nitrogen and oxygen atoms in total. The smallest absolute Gasteiger partial charge is 0.130 e. The molecule has 2 aromatic carbocycles. The van der Waals surface area contributed by atoms with E-state index < -0.39 is 0 Å². The second kappa shape index (κ2) is 6.66. The SMILES string of the molecule is CCCc1ccc(C2=CCc3c(ccc(CC)c3F)C2)c(F)c1. The van der Waals surface area contributed by atoms with Crippen molar-refractivity contribution in [2.45, 2.75) is 46.0 Å². The van der Waals surface area contributed by atoms with Gasteiger partial charge in [0, 0.05) is 5.56 Å². The van der Waals surface area contributed by atoms with Gasteiger partial charge in [-0.15, -0.1) is 0 Å². The summed E-state index contributed by atoms with van der Waals surface area (Å²) in [5.41, 5.74) is 5.16. The van der Waals surface area contributed by atoms with Crippen molar-refractivity contribution in [2.24, 2.45) is 0 Å². The van der Waals surface area contributed by atoms with Gasteiger partial charge in [0.25, 0.3) is 0 Å². The van der Waals surface area contributed by atoms with Crippen molar-refractivity contribution in [3.05, 3.63) is 75.9 Å². The molecule has 1 aliphatic carbocycles. The van der Waals surface area contributed by atoms with Crippen LogP contribution in [0.5, 0.6) is 0 Å². The lowest BCUT2D eigenvalue weighted by Crippen LogP contribution is -2.08. The van der Waals surface area contributed by atoms with Gasteiger partial charge >= 0.3 is 0 Å². The van der Waals surface area contributed by atoms with Gasteiger partial charge < -0.3 is 0 Å². The van der Waals surface area contributed by atoms with E-state index in [0.717, 1.165) is 40.7 Å². The molecule has 23 heavy (non-hydrogen) atoms. The maximum absolute atomic E-state index is 14.4. The maximum Gasteiger partial charge on any atom is 0.130 e. The van der Waals surface area contributed by atoms with Crippen molar-refractivity contribution in [3.8, 4) is 0 Å². The lowest BCUT2D eigenvalue weighted by Gasteiger charge is -2.20. The molecule has 0 amide bonds. The molecule has 0 fully saturated rings. The molecule has 2 aromatic rings. The number of hydrogen-bond donors (Lipinski definition) is 0. The fourth-order valence-corrected chi connectivity index (χ4v) is 3.34. The van der Waals surface area contributed by atoms with Crippen LogP contribution in [-0.4, -0.2) is 0 Å². The highest BCUT2D eigenvalue weighted by molar-refractivity contribution is 5.71. The number of fused-ring (bicyclic) bond motifs is 1. The highest BCUT2D eigenvalue weighted by Crippen LogP contribution is 2.32. The van der Waals surface area contributed by atoms with Gasteiger partial charge in [-0.3, -0.25) is 0 Å². The van der Waals surface area contributed by atoms with Crippen LogP contribution < -0.4 is 0 Å². The lowest BCUT2D eigenvalue weighted by molar-refractivity contribution is 0.595. The highest BCUT2D eigenvalue weighted by Gasteiger charge is 2.19. The lowest BCUT2D eigenvalue weighted by atomic mass is 9.86. The summed E-state index contributed by atoms with van der Waals surface area (Å²) in [6.45, 7) is 4.05. The first-order valence-corrected chi connectivity index (χ1v) is 8.41. The monoisotopic (exact) mass is 312 g/mol. The Morgan fingerprint density at radius 3 is 2.57 bits per heavy atom. The standard InChI is InChI=1S/C21H22F2/c1-3-5-14-6-10-18(20(22)12-14)16-9-11-19-17(13-16)8-7-15(4-2)21(19)23/h6-10,12H,3-5,11,13H2,1-2H3. The molecular formula is C21H22F2. The molecule has 0 saturated heterocycles. The predicted molar refractivity (Wildman–Crippen MR) is 91.6 cm³/mol. The molecule has 3 rings (SSSR count). The second-order valence-electron chi connectivity index (χ2n) is 6.20. The van der Waals surface area contributed by atoms with Crippen molar-refractivity contribution in [3.63, 3.8) is 0 Å². The molecule has 1 aliphatic rings. The summed E-state index contributed by atoms with van der Waals surface area (Å²) in [7, 11) is 0. The summed E-state index contributed by atoms with van der Waals surface area (Å²) in [5, 5.41) is 0. The van der Waals surface area contributed by atoms with Crippen LogP contribution >= 0.6 is 0 Å². The minimum Gasteiger partial charge on any atom is -0.206 e. The van der Waals surface area contributed by atoms with Crippen LogP contribution in [0.3, 0.4) is 0 Å². The zero-order chi connectivity index (χ0) is 16.4. The quantitative estimate of drug-likeness (QED) is 0.683. The fourth-order valence-electron chi connectivity index (χ4n) is 3.34. The normalized spacial score (nSPS) is 13.7. The zero-order valence-corrected chi connectivity index (χ0v) is 13.8. The Morgan fingerprint density at radius 2 is 1.87 bits per heavy atom. The largest absolute Gasteiger partial charge is 0.206 e. The Labute approximate surface area is 136 Å². The van der Waals surface area contributed by atoms with E-state index in [-0.39, 0.29) is 11.6 Å². The Morgan fingerprint density at radius 1 is 1.04 bits per heavy atom. The molecule has 0 heterocycles. The van der Waals surface area contributed by atoms with Gasteiger partial charge in [-0.2, -0.15) is 0 Å². The summed E-state index contributed by atoms with van der Waals surface area (Å²) in [6.07, 6.45) is 5.71. The topological polar surface area (TPSA) is 0 Å². The first-order valence-electron chi connectivity index (χ1n) is 8.41. The van der Waals surface area contributed by atoms with E-state index in [9.17, 15) is 8.78 Å². The minimum atomic E-state index is -0.170. The number of halogens is 2. The van der Waals surface area contributed by atoms with E-state index in [1.54, 1.807) is 6.07 Å². The molecule has 2 heteroatoms. The first-order chi connectivity index (χ1) is 11.1.